The van der Waals surface area contributed by atoms with Crippen molar-refractivity contribution in [2.24, 2.45) is 12.8 Å². The summed E-state index contributed by atoms with van der Waals surface area (Å²) in [5.74, 6) is 0.443. The second-order valence-corrected chi connectivity index (χ2v) is 3.83. The molecule has 0 aliphatic carbocycles. The molecule has 0 unspecified atom stereocenters. The van der Waals surface area contributed by atoms with E-state index in [9.17, 15) is 8.78 Å². The van der Waals surface area contributed by atoms with Gasteiger partial charge in [-0.2, -0.15) is 5.10 Å². The van der Waals surface area contributed by atoms with E-state index in [4.69, 9.17) is 5.73 Å². The zero-order valence-electron chi connectivity index (χ0n) is 9.92. The topological polar surface area (TPSA) is 72.9 Å². The quantitative estimate of drug-likeness (QED) is 0.838. The van der Waals surface area contributed by atoms with Crippen LogP contribution >= 0.6 is 0 Å². The van der Waals surface area contributed by atoms with E-state index in [1.807, 2.05) is 0 Å². The van der Waals surface area contributed by atoms with E-state index in [-0.39, 0.29) is 6.54 Å². The maximum absolute atomic E-state index is 12.6. The molecule has 2 N–H and O–H groups in total. The first-order chi connectivity index (χ1) is 8.63. The number of hydrogen-bond acceptors (Lipinski definition) is 5. The first-order valence-corrected chi connectivity index (χ1v) is 5.49. The Morgan fingerprint density at radius 2 is 2.22 bits per heavy atom. The Labute approximate surface area is 102 Å². The van der Waals surface area contributed by atoms with Gasteiger partial charge in [0, 0.05) is 20.1 Å². The van der Waals surface area contributed by atoms with Crippen LogP contribution in [0.1, 0.15) is 0 Å². The molecular weight excluding hydrogens is 242 g/mol. The van der Waals surface area contributed by atoms with Gasteiger partial charge in [0.15, 0.2) is 5.65 Å². The smallest absolute Gasteiger partial charge is 0.255 e. The van der Waals surface area contributed by atoms with Gasteiger partial charge >= 0.3 is 0 Å². The molecule has 0 aliphatic heterocycles. The van der Waals surface area contributed by atoms with Crippen LogP contribution in [0.25, 0.3) is 11.0 Å². The molecule has 0 amide bonds. The molecule has 0 saturated carbocycles. The van der Waals surface area contributed by atoms with Crippen LogP contribution in [0.3, 0.4) is 0 Å². The molecule has 2 aromatic heterocycles. The van der Waals surface area contributed by atoms with E-state index < -0.39 is 13.0 Å². The third kappa shape index (κ3) is 2.37. The number of hydrogen-bond donors (Lipinski definition) is 1. The molecule has 18 heavy (non-hydrogen) atoms. The maximum atomic E-state index is 12.6. The van der Waals surface area contributed by atoms with Crippen LogP contribution in [0.5, 0.6) is 0 Å². The van der Waals surface area contributed by atoms with Gasteiger partial charge in [-0.25, -0.2) is 18.7 Å². The average Bonchev–Trinajstić information content (AvgIpc) is 2.70. The minimum Gasteiger partial charge on any atom is -0.349 e. The Hall–Kier alpha value is -1.83. The van der Waals surface area contributed by atoms with Crippen molar-refractivity contribution in [2.45, 2.75) is 6.43 Å². The van der Waals surface area contributed by atoms with E-state index in [2.05, 4.69) is 15.1 Å². The standard InChI is InChI=1S/C10H14F2N6/c1-17-9-7(4-16-17)10(15-6-14-9)18(3-2-13)5-8(11)12/h4,6,8H,2-3,5,13H2,1H3. The zero-order chi connectivity index (χ0) is 13.1. The van der Waals surface area contributed by atoms with Crippen LogP contribution < -0.4 is 10.6 Å². The predicted octanol–water partition coefficient (Wildman–Crippen LogP) is 0.393. The van der Waals surface area contributed by atoms with Gasteiger partial charge in [0.2, 0.25) is 0 Å². The number of aryl methyl sites for hydroxylation is 1. The summed E-state index contributed by atoms with van der Waals surface area (Å²) in [4.78, 5) is 9.59. The summed E-state index contributed by atoms with van der Waals surface area (Å²) in [7, 11) is 1.74. The van der Waals surface area contributed by atoms with Crippen LogP contribution in [0.15, 0.2) is 12.5 Å². The first kappa shape index (κ1) is 12.6. The lowest BCUT2D eigenvalue weighted by Crippen LogP contribution is -2.34. The first-order valence-electron chi connectivity index (χ1n) is 5.49. The fraction of sp³-hybridized carbons (Fsp3) is 0.500. The number of anilines is 1. The van der Waals surface area contributed by atoms with Gasteiger partial charge in [-0.1, -0.05) is 0 Å². The van der Waals surface area contributed by atoms with E-state index >= 15 is 0 Å². The monoisotopic (exact) mass is 256 g/mol. The molecule has 2 rings (SSSR count). The van der Waals surface area contributed by atoms with Crippen molar-refractivity contribution in [3.8, 4) is 0 Å². The highest BCUT2D eigenvalue weighted by Gasteiger charge is 2.17. The van der Waals surface area contributed by atoms with Crippen LogP contribution in [0.2, 0.25) is 0 Å². The third-order valence-electron chi connectivity index (χ3n) is 2.57. The summed E-state index contributed by atoms with van der Waals surface area (Å²) in [5.41, 5.74) is 6.05. The van der Waals surface area contributed by atoms with E-state index in [0.717, 1.165) is 0 Å². The molecule has 0 radical (unpaired) electrons. The lowest BCUT2D eigenvalue weighted by atomic mass is 10.3. The summed E-state index contributed by atoms with van der Waals surface area (Å²) in [6.07, 6.45) is 0.465. The largest absolute Gasteiger partial charge is 0.349 e. The molecule has 98 valence electrons. The van der Waals surface area contributed by atoms with E-state index in [1.165, 1.54) is 11.2 Å². The normalized spacial score (nSPS) is 11.4. The molecule has 8 heteroatoms. The molecule has 0 atom stereocenters. The fourth-order valence-electron chi connectivity index (χ4n) is 1.81. The molecular formula is C10H14F2N6. The fourth-order valence-corrected chi connectivity index (χ4v) is 1.81. The Kier molecular flexibility index (Phi) is 3.66. The zero-order valence-corrected chi connectivity index (χ0v) is 9.92. The van der Waals surface area contributed by atoms with Gasteiger partial charge in [0.05, 0.1) is 18.1 Å². The SMILES string of the molecule is Cn1ncc2c(N(CCN)CC(F)F)ncnc21. The minimum absolute atomic E-state index is 0.276. The molecule has 0 aliphatic rings. The van der Waals surface area contributed by atoms with Crippen LogP contribution in [0, 0.1) is 0 Å². The van der Waals surface area contributed by atoms with E-state index in [0.29, 0.717) is 23.4 Å². The van der Waals surface area contributed by atoms with Crippen LogP contribution in [-0.2, 0) is 7.05 Å². The third-order valence-corrected chi connectivity index (χ3v) is 2.57. The number of nitrogens with two attached hydrogens (primary N) is 1. The lowest BCUT2D eigenvalue weighted by Gasteiger charge is -2.22. The molecule has 2 heterocycles. The molecule has 0 aromatic carbocycles. The highest BCUT2D eigenvalue weighted by atomic mass is 19.3. The van der Waals surface area contributed by atoms with Gasteiger partial charge in [0.1, 0.15) is 12.1 Å². The van der Waals surface area contributed by atoms with Gasteiger partial charge in [-0.05, 0) is 0 Å². The second-order valence-electron chi connectivity index (χ2n) is 3.83. The molecule has 0 fully saturated rings. The highest BCUT2D eigenvalue weighted by Crippen LogP contribution is 2.22. The van der Waals surface area contributed by atoms with Crippen molar-refractivity contribution in [3.05, 3.63) is 12.5 Å². The molecule has 2 aromatic rings. The minimum atomic E-state index is -2.45. The number of fused-ring (bicyclic) bond motifs is 1. The maximum Gasteiger partial charge on any atom is 0.255 e. The average molecular weight is 256 g/mol. The van der Waals surface area contributed by atoms with Crippen molar-refractivity contribution in [2.75, 3.05) is 24.5 Å². The highest BCUT2D eigenvalue weighted by molar-refractivity contribution is 5.86. The Bertz CT molecular complexity index is 526. The predicted molar refractivity (Wildman–Crippen MR) is 63.6 cm³/mol. The van der Waals surface area contributed by atoms with Crippen LogP contribution in [-0.4, -0.2) is 45.8 Å². The van der Waals surface area contributed by atoms with Crippen molar-refractivity contribution in [3.63, 3.8) is 0 Å². The molecule has 0 spiro atoms. The van der Waals surface area contributed by atoms with Gasteiger partial charge in [-0.3, -0.25) is 4.68 Å². The van der Waals surface area contributed by atoms with Crippen molar-refractivity contribution >= 4 is 16.9 Å². The Balaban J connectivity index is 2.43. The summed E-state index contributed by atoms with van der Waals surface area (Å²) in [6, 6.07) is 0. The van der Waals surface area contributed by atoms with Crippen molar-refractivity contribution in [1.29, 1.82) is 0 Å². The number of nitrogens with zero attached hydrogens (tertiary/aromatic N) is 5. The van der Waals surface area contributed by atoms with Crippen LogP contribution in [0.4, 0.5) is 14.6 Å². The number of halogens is 2. The summed E-state index contributed by atoms with van der Waals surface area (Å²) in [5, 5.41) is 4.69. The summed E-state index contributed by atoms with van der Waals surface area (Å²) < 4.78 is 26.7. The number of aromatic nitrogens is 4. The van der Waals surface area contributed by atoms with Gasteiger partial charge < -0.3 is 10.6 Å². The molecule has 0 saturated heterocycles. The second kappa shape index (κ2) is 5.21. The summed E-state index contributed by atoms with van der Waals surface area (Å²) in [6.45, 7) is 0.183. The van der Waals surface area contributed by atoms with E-state index in [1.54, 1.807) is 17.9 Å². The number of alkyl halides is 2. The van der Waals surface area contributed by atoms with Crippen molar-refractivity contribution < 1.29 is 8.78 Å². The molecule has 0 bridgehead atoms. The Morgan fingerprint density at radius 3 is 2.89 bits per heavy atom. The van der Waals surface area contributed by atoms with Gasteiger partial charge in [0.25, 0.3) is 6.43 Å². The Morgan fingerprint density at radius 1 is 1.44 bits per heavy atom. The molecule has 6 nitrogen and oxygen atoms in total. The number of rotatable bonds is 5. The van der Waals surface area contributed by atoms with Crippen molar-refractivity contribution in [1.82, 2.24) is 19.7 Å². The lowest BCUT2D eigenvalue weighted by molar-refractivity contribution is 0.155. The summed E-state index contributed by atoms with van der Waals surface area (Å²) >= 11 is 0. The van der Waals surface area contributed by atoms with Gasteiger partial charge in [-0.15, -0.1) is 0 Å².